The highest BCUT2D eigenvalue weighted by Gasteiger charge is 2.19. The Morgan fingerprint density at radius 3 is 2.47 bits per heavy atom. The smallest absolute Gasteiger partial charge is 0.257 e. The molecule has 0 aliphatic heterocycles. The molecule has 9 heteroatoms. The van der Waals surface area contributed by atoms with Crippen LogP contribution in [0, 0.1) is 0 Å². The summed E-state index contributed by atoms with van der Waals surface area (Å²) in [5, 5.41) is 8.17. The molecule has 0 saturated carbocycles. The quantitative estimate of drug-likeness (QED) is 0.182. The Labute approximate surface area is 247 Å². The van der Waals surface area contributed by atoms with Gasteiger partial charge in [-0.3, -0.25) is 19.6 Å². The molecule has 2 amide bonds. The molecule has 43 heavy (non-hydrogen) atoms. The number of anilines is 2. The number of aromatic nitrogens is 2. The molecule has 2 heterocycles. The van der Waals surface area contributed by atoms with E-state index in [0.29, 0.717) is 51.0 Å². The molecule has 0 saturated heterocycles. The minimum absolute atomic E-state index is 0.146. The molecule has 6 rings (SSSR count). The molecular formula is C34H27N5O4. The van der Waals surface area contributed by atoms with Gasteiger partial charge in [0.2, 0.25) is 0 Å². The summed E-state index contributed by atoms with van der Waals surface area (Å²) in [6.45, 7) is 0.146. The zero-order valence-corrected chi connectivity index (χ0v) is 23.2. The number of benzene rings is 4. The number of amides is 2. The van der Waals surface area contributed by atoms with E-state index in [4.69, 9.17) is 15.2 Å². The number of carbonyl (C=O) groups excluding carboxylic acids is 2. The molecule has 0 fully saturated rings. The van der Waals surface area contributed by atoms with Gasteiger partial charge in [0.1, 0.15) is 17.2 Å². The Morgan fingerprint density at radius 1 is 0.814 bits per heavy atom. The first-order valence-corrected chi connectivity index (χ1v) is 13.5. The van der Waals surface area contributed by atoms with Crippen LogP contribution in [-0.4, -0.2) is 28.9 Å². The number of hydrogen-bond acceptors (Lipinski definition) is 7. The Morgan fingerprint density at radius 2 is 1.65 bits per heavy atom. The van der Waals surface area contributed by atoms with Crippen LogP contribution in [0.4, 0.5) is 11.4 Å². The number of nitrogen functional groups attached to an aromatic ring is 1. The molecule has 0 spiro atoms. The lowest BCUT2D eigenvalue weighted by molar-refractivity contribution is 0.0948. The molecule has 6 aromatic rings. The largest absolute Gasteiger partial charge is 0.497 e. The van der Waals surface area contributed by atoms with Crippen molar-refractivity contribution >= 4 is 44.9 Å². The van der Waals surface area contributed by atoms with Gasteiger partial charge < -0.3 is 25.8 Å². The topological polar surface area (TPSA) is 128 Å². The molecule has 2 aromatic heterocycles. The second-order valence-electron chi connectivity index (χ2n) is 9.72. The van der Waals surface area contributed by atoms with Crippen LogP contribution in [0.5, 0.6) is 17.2 Å². The van der Waals surface area contributed by atoms with Gasteiger partial charge >= 0.3 is 0 Å². The lowest BCUT2D eigenvalue weighted by Crippen LogP contribution is -2.24. The van der Waals surface area contributed by atoms with Crippen LogP contribution in [0.1, 0.15) is 26.4 Å². The van der Waals surface area contributed by atoms with Crippen LogP contribution in [-0.2, 0) is 6.54 Å². The Kier molecular flexibility index (Phi) is 7.52. The first-order valence-electron chi connectivity index (χ1n) is 13.5. The fraction of sp³-hybridized carbons (Fsp3) is 0.0588. The standard InChI is InChI=1S/C34H27N5O4/c1-42-24-13-14-26-29(18-24)36-17-16-30(26)43-31-15-11-21-6-2-3-7-25(21)32(31)34(41)38-20-23-12-10-22(19-37-23)33(40)39-28-9-5-4-8-27(28)35/h2-19H,20,35H2,1H3,(H,38,41)(H,39,40). The summed E-state index contributed by atoms with van der Waals surface area (Å²) < 4.78 is 11.7. The fourth-order valence-corrected chi connectivity index (χ4v) is 4.73. The van der Waals surface area contributed by atoms with Crippen molar-refractivity contribution in [3.05, 3.63) is 126 Å². The zero-order chi connectivity index (χ0) is 29.8. The summed E-state index contributed by atoms with van der Waals surface area (Å²) in [7, 11) is 1.60. The number of carbonyl (C=O) groups is 2. The van der Waals surface area contributed by atoms with Crippen molar-refractivity contribution in [1.29, 1.82) is 0 Å². The molecule has 0 aliphatic rings. The van der Waals surface area contributed by atoms with Crippen LogP contribution in [0.2, 0.25) is 0 Å². The molecule has 4 N–H and O–H groups in total. The van der Waals surface area contributed by atoms with E-state index in [1.807, 2.05) is 48.5 Å². The van der Waals surface area contributed by atoms with Crippen molar-refractivity contribution < 1.29 is 19.1 Å². The first-order chi connectivity index (χ1) is 21.0. The molecular weight excluding hydrogens is 542 g/mol. The van der Waals surface area contributed by atoms with Crippen LogP contribution >= 0.6 is 0 Å². The summed E-state index contributed by atoms with van der Waals surface area (Å²) in [5.74, 6) is 0.992. The van der Waals surface area contributed by atoms with Gasteiger partial charge in [-0.1, -0.05) is 42.5 Å². The third-order valence-electron chi connectivity index (χ3n) is 6.97. The van der Waals surface area contributed by atoms with Crippen LogP contribution in [0.15, 0.2) is 109 Å². The Hall–Kier alpha value is -5.96. The summed E-state index contributed by atoms with van der Waals surface area (Å²) in [5.41, 5.74) is 8.97. The van der Waals surface area contributed by atoms with Crippen LogP contribution < -0.4 is 25.8 Å². The molecule has 0 unspecified atom stereocenters. The Balaban J connectivity index is 1.23. The van der Waals surface area contributed by atoms with E-state index >= 15 is 0 Å². The van der Waals surface area contributed by atoms with Gasteiger partial charge in [0.15, 0.2) is 0 Å². The van der Waals surface area contributed by atoms with Gasteiger partial charge in [-0.2, -0.15) is 0 Å². The number of para-hydroxylation sites is 2. The third-order valence-corrected chi connectivity index (χ3v) is 6.97. The number of nitrogens with two attached hydrogens (primary N) is 1. The van der Waals surface area contributed by atoms with Gasteiger partial charge in [0, 0.05) is 23.8 Å². The van der Waals surface area contributed by atoms with E-state index in [0.717, 1.165) is 16.2 Å². The summed E-state index contributed by atoms with van der Waals surface area (Å²) in [6.07, 6.45) is 3.12. The minimum Gasteiger partial charge on any atom is -0.497 e. The lowest BCUT2D eigenvalue weighted by atomic mass is 10.0. The summed E-state index contributed by atoms with van der Waals surface area (Å²) in [4.78, 5) is 35.1. The van der Waals surface area contributed by atoms with Crippen molar-refractivity contribution in [3.63, 3.8) is 0 Å². The number of pyridine rings is 2. The average molecular weight is 570 g/mol. The maximum Gasteiger partial charge on any atom is 0.257 e. The van der Waals surface area contributed by atoms with Crippen molar-refractivity contribution in [3.8, 4) is 17.2 Å². The molecule has 9 nitrogen and oxygen atoms in total. The lowest BCUT2D eigenvalue weighted by Gasteiger charge is -2.15. The van der Waals surface area contributed by atoms with Crippen LogP contribution in [0.25, 0.3) is 21.7 Å². The second kappa shape index (κ2) is 11.9. The average Bonchev–Trinajstić information content (AvgIpc) is 3.04. The van der Waals surface area contributed by atoms with Crippen molar-refractivity contribution in [2.45, 2.75) is 6.54 Å². The molecule has 0 radical (unpaired) electrons. The van der Waals surface area contributed by atoms with E-state index in [1.54, 1.807) is 61.8 Å². The van der Waals surface area contributed by atoms with Gasteiger partial charge in [0.25, 0.3) is 11.8 Å². The SMILES string of the molecule is COc1ccc2c(Oc3ccc4ccccc4c3C(=O)NCc3ccc(C(=O)Nc4ccccc4N)cn3)ccnc2c1. The van der Waals surface area contributed by atoms with E-state index in [2.05, 4.69) is 20.6 Å². The van der Waals surface area contributed by atoms with Gasteiger partial charge in [-0.05, 0) is 59.3 Å². The normalized spacial score (nSPS) is 10.8. The highest BCUT2D eigenvalue weighted by molar-refractivity contribution is 6.09. The number of methoxy groups -OCH3 is 1. The summed E-state index contributed by atoms with van der Waals surface area (Å²) in [6, 6.07) is 29.0. The monoisotopic (exact) mass is 569 g/mol. The number of nitrogens with zero attached hydrogens (tertiary/aromatic N) is 2. The molecule has 212 valence electrons. The highest BCUT2D eigenvalue weighted by Crippen LogP contribution is 2.35. The number of nitrogens with one attached hydrogen (secondary N) is 2. The molecule has 0 bridgehead atoms. The van der Waals surface area contributed by atoms with Crippen molar-refractivity contribution in [2.24, 2.45) is 0 Å². The molecule has 0 atom stereocenters. The second-order valence-corrected chi connectivity index (χ2v) is 9.72. The summed E-state index contributed by atoms with van der Waals surface area (Å²) >= 11 is 0. The maximum atomic E-state index is 13.7. The minimum atomic E-state index is -0.333. The predicted molar refractivity (Wildman–Crippen MR) is 167 cm³/mol. The maximum absolute atomic E-state index is 13.7. The fourth-order valence-electron chi connectivity index (χ4n) is 4.73. The third kappa shape index (κ3) is 5.77. The van der Waals surface area contributed by atoms with Gasteiger partial charge in [-0.25, -0.2) is 0 Å². The number of fused-ring (bicyclic) bond motifs is 2. The number of ether oxygens (including phenoxy) is 2. The zero-order valence-electron chi connectivity index (χ0n) is 23.2. The van der Waals surface area contributed by atoms with Gasteiger partial charge in [-0.15, -0.1) is 0 Å². The van der Waals surface area contributed by atoms with E-state index in [9.17, 15) is 9.59 Å². The van der Waals surface area contributed by atoms with Crippen LogP contribution in [0.3, 0.4) is 0 Å². The number of hydrogen-bond donors (Lipinski definition) is 3. The van der Waals surface area contributed by atoms with E-state index < -0.39 is 0 Å². The predicted octanol–water partition coefficient (Wildman–Crippen LogP) is 6.35. The van der Waals surface area contributed by atoms with Crippen molar-refractivity contribution in [2.75, 3.05) is 18.2 Å². The molecule has 4 aromatic carbocycles. The van der Waals surface area contributed by atoms with E-state index in [1.165, 1.54) is 6.20 Å². The number of rotatable bonds is 8. The first kappa shape index (κ1) is 27.2. The van der Waals surface area contributed by atoms with E-state index in [-0.39, 0.29) is 18.4 Å². The van der Waals surface area contributed by atoms with Crippen molar-refractivity contribution in [1.82, 2.24) is 15.3 Å². The molecule has 0 aliphatic carbocycles. The van der Waals surface area contributed by atoms with Gasteiger partial charge in [0.05, 0.1) is 47.4 Å². The highest BCUT2D eigenvalue weighted by atomic mass is 16.5. The Bertz CT molecular complexity index is 1970.